The van der Waals surface area contributed by atoms with Gasteiger partial charge in [0.25, 0.3) is 0 Å². The lowest BCUT2D eigenvalue weighted by molar-refractivity contribution is -0.137. The third-order valence-electron chi connectivity index (χ3n) is 3.60. The van der Waals surface area contributed by atoms with Crippen molar-refractivity contribution in [1.29, 1.82) is 0 Å². The average molecular weight is 340 g/mol. The summed E-state index contributed by atoms with van der Waals surface area (Å²) in [6, 6.07) is 4.42. The summed E-state index contributed by atoms with van der Waals surface area (Å²) in [5.74, 6) is -0.239. The van der Waals surface area contributed by atoms with Gasteiger partial charge in [0.1, 0.15) is 18.7 Å². The fraction of sp³-hybridized carbons (Fsp3) is 0.438. The number of benzene rings is 1. The number of hydrogen-bond acceptors (Lipinski definition) is 3. The van der Waals surface area contributed by atoms with Crippen LogP contribution >= 0.6 is 0 Å². The molecule has 0 saturated carbocycles. The van der Waals surface area contributed by atoms with Crippen LogP contribution in [0.2, 0.25) is 0 Å². The summed E-state index contributed by atoms with van der Waals surface area (Å²) in [4.78, 5) is 16.1. The lowest BCUT2D eigenvalue weighted by Crippen LogP contribution is -2.47. The van der Waals surface area contributed by atoms with Gasteiger partial charge in [0.05, 0.1) is 5.56 Å². The van der Waals surface area contributed by atoms with Gasteiger partial charge in [-0.2, -0.15) is 18.3 Å². The van der Waals surface area contributed by atoms with Gasteiger partial charge in [-0.15, -0.1) is 0 Å². The predicted molar refractivity (Wildman–Crippen MR) is 82.1 cm³/mol. The number of nitrogens with one attached hydrogen (secondary N) is 1. The molecule has 0 saturated heterocycles. The van der Waals surface area contributed by atoms with Crippen molar-refractivity contribution < 1.29 is 18.0 Å². The standard InChI is InChI=1S/C16H19F3N4O/c1-11(23-10-20-9-21-23)14(24)22-15(2,3)8-12-4-6-13(7-5-12)16(17,18)19/h4-7,9-11H,8H2,1-3H3,(H,22,24). The van der Waals surface area contributed by atoms with E-state index in [1.165, 1.54) is 29.5 Å². The van der Waals surface area contributed by atoms with Crippen LogP contribution in [0.25, 0.3) is 0 Å². The van der Waals surface area contributed by atoms with Gasteiger partial charge in [-0.1, -0.05) is 12.1 Å². The monoisotopic (exact) mass is 340 g/mol. The van der Waals surface area contributed by atoms with Crippen molar-refractivity contribution in [3.63, 3.8) is 0 Å². The van der Waals surface area contributed by atoms with Crippen molar-refractivity contribution in [1.82, 2.24) is 20.1 Å². The Morgan fingerprint density at radius 3 is 2.38 bits per heavy atom. The summed E-state index contributed by atoms with van der Waals surface area (Å²) in [5.41, 5.74) is -0.597. The number of rotatable bonds is 5. The molecule has 24 heavy (non-hydrogen) atoms. The van der Waals surface area contributed by atoms with Crippen LogP contribution in [0.5, 0.6) is 0 Å². The third kappa shape index (κ3) is 4.56. The number of hydrogen-bond donors (Lipinski definition) is 1. The van der Waals surface area contributed by atoms with Crippen LogP contribution in [0.1, 0.15) is 37.9 Å². The topological polar surface area (TPSA) is 59.8 Å². The Labute approximate surface area is 137 Å². The number of amides is 1. The summed E-state index contributed by atoms with van der Waals surface area (Å²) in [7, 11) is 0. The maximum Gasteiger partial charge on any atom is 0.416 e. The highest BCUT2D eigenvalue weighted by molar-refractivity contribution is 5.80. The molecule has 0 spiro atoms. The molecule has 2 aromatic rings. The highest BCUT2D eigenvalue weighted by Crippen LogP contribution is 2.29. The summed E-state index contributed by atoms with van der Waals surface area (Å²) in [5, 5.41) is 6.81. The summed E-state index contributed by atoms with van der Waals surface area (Å²) in [6.45, 7) is 5.32. The molecule has 5 nitrogen and oxygen atoms in total. The van der Waals surface area contributed by atoms with Crippen molar-refractivity contribution in [2.75, 3.05) is 0 Å². The van der Waals surface area contributed by atoms with Crippen LogP contribution in [-0.4, -0.2) is 26.2 Å². The minimum atomic E-state index is -4.35. The van der Waals surface area contributed by atoms with Crippen molar-refractivity contribution in [3.05, 3.63) is 48.0 Å². The number of halogens is 3. The van der Waals surface area contributed by atoms with E-state index in [0.717, 1.165) is 12.1 Å². The lowest BCUT2D eigenvalue weighted by atomic mass is 9.94. The third-order valence-corrected chi connectivity index (χ3v) is 3.60. The van der Waals surface area contributed by atoms with Crippen molar-refractivity contribution in [2.45, 2.75) is 44.9 Å². The Balaban J connectivity index is 2.01. The molecule has 0 radical (unpaired) electrons. The van der Waals surface area contributed by atoms with E-state index < -0.39 is 23.3 Å². The van der Waals surface area contributed by atoms with E-state index in [-0.39, 0.29) is 5.91 Å². The highest BCUT2D eigenvalue weighted by atomic mass is 19.4. The fourth-order valence-corrected chi connectivity index (χ4v) is 2.34. The van der Waals surface area contributed by atoms with E-state index in [1.807, 2.05) is 13.8 Å². The zero-order chi connectivity index (χ0) is 18.0. The number of carbonyl (C=O) groups excluding carboxylic acids is 1. The predicted octanol–water partition coefficient (Wildman–Crippen LogP) is 3.00. The molecule has 0 aliphatic heterocycles. The molecule has 1 atom stereocenters. The molecule has 130 valence electrons. The molecule has 0 bridgehead atoms. The van der Waals surface area contributed by atoms with E-state index in [1.54, 1.807) is 6.92 Å². The Kier molecular flexibility index (Phi) is 4.96. The van der Waals surface area contributed by atoms with Crippen LogP contribution in [0.3, 0.4) is 0 Å². The largest absolute Gasteiger partial charge is 0.416 e. The normalized spacial score (nSPS) is 13.6. The molecule has 1 N–H and O–H groups in total. The smallest absolute Gasteiger partial charge is 0.349 e. The van der Waals surface area contributed by atoms with Crippen LogP contribution in [0.15, 0.2) is 36.9 Å². The number of alkyl halides is 3. The first-order valence-electron chi connectivity index (χ1n) is 7.41. The van der Waals surface area contributed by atoms with Gasteiger partial charge >= 0.3 is 6.18 Å². The van der Waals surface area contributed by atoms with Gasteiger partial charge in [0.15, 0.2) is 0 Å². The zero-order valence-electron chi connectivity index (χ0n) is 13.6. The van der Waals surface area contributed by atoms with Gasteiger partial charge in [0, 0.05) is 5.54 Å². The van der Waals surface area contributed by atoms with Gasteiger partial charge in [-0.3, -0.25) is 4.79 Å². The molecule has 8 heteroatoms. The Morgan fingerprint density at radius 1 is 1.25 bits per heavy atom. The minimum Gasteiger partial charge on any atom is -0.349 e. The number of aromatic nitrogens is 3. The van der Waals surface area contributed by atoms with Gasteiger partial charge in [-0.05, 0) is 44.9 Å². The van der Waals surface area contributed by atoms with Crippen LogP contribution in [0.4, 0.5) is 13.2 Å². The summed E-state index contributed by atoms with van der Waals surface area (Å²) < 4.78 is 39.2. The molecule has 1 amide bonds. The van der Waals surface area contributed by atoms with Crippen molar-refractivity contribution in [2.24, 2.45) is 0 Å². The molecule has 1 aromatic carbocycles. The van der Waals surface area contributed by atoms with E-state index in [0.29, 0.717) is 12.0 Å². The average Bonchev–Trinajstić information content (AvgIpc) is 2.99. The number of nitrogens with zero attached hydrogens (tertiary/aromatic N) is 3. The lowest BCUT2D eigenvalue weighted by Gasteiger charge is -2.28. The zero-order valence-corrected chi connectivity index (χ0v) is 13.6. The molecule has 1 aromatic heterocycles. The van der Waals surface area contributed by atoms with Crippen molar-refractivity contribution >= 4 is 5.91 Å². The van der Waals surface area contributed by atoms with E-state index in [4.69, 9.17) is 0 Å². The van der Waals surface area contributed by atoms with Crippen LogP contribution < -0.4 is 5.32 Å². The van der Waals surface area contributed by atoms with E-state index in [2.05, 4.69) is 15.4 Å². The van der Waals surface area contributed by atoms with Crippen LogP contribution in [0, 0.1) is 0 Å². The summed E-state index contributed by atoms with van der Waals surface area (Å²) >= 11 is 0. The summed E-state index contributed by atoms with van der Waals surface area (Å²) in [6.07, 6.45) is -1.15. The molecular weight excluding hydrogens is 321 g/mol. The quantitative estimate of drug-likeness (QED) is 0.910. The fourth-order valence-electron chi connectivity index (χ4n) is 2.34. The maximum atomic E-state index is 12.6. The highest BCUT2D eigenvalue weighted by Gasteiger charge is 2.30. The minimum absolute atomic E-state index is 0.239. The second kappa shape index (κ2) is 6.62. The molecule has 0 aliphatic carbocycles. The molecule has 2 rings (SSSR count). The number of carbonyl (C=O) groups is 1. The first-order chi connectivity index (χ1) is 11.1. The van der Waals surface area contributed by atoms with Crippen molar-refractivity contribution in [3.8, 4) is 0 Å². The van der Waals surface area contributed by atoms with Gasteiger partial charge in [0.2, 0.25) is 5.91 Å². The van der Waals surface area contributed by atoms with Gasteiger partial charge < -0.3 is 5.32 Å². The Hall–Kier alpha value is -2.38. The Bertz CT molecular complexity index is 678. The second-order valence-corrected chi connectivity index (χ2v) is 6.30. The molecule has 0 fully saturated rings. The molecular formula is C16H19F3N4O. The van der Waals surface area contributed by atoms with E-state index in [9.17, 15) is 18.0 Å². The Morgan fingerprint density at radius 2 is 1.88 bits per heavy atom. The molecule has 1 unspecified atom stereocenters. The second-order valence-electron chi connectivity index (χ2n) is 6.30. The maximum absolute atomic E-state index is 12.6. The van der Waals surface area contributed by atoms with E-state index >= 15 is 0 Å². The first kappa shape index (κ1) is 18.0. The molecule has 0 aliphatic rings. The van der Waals surface area contributed by atoms with Gasteiger partial charge in [-0.25, -0.2) is 9.67 Å². The molecule has 1 heterocycles. The first-order valence-corrected chi connectivity index (χ1v) is 7.41. The SMILES string of the molecule is CC(C(=O)NC(C)(C)Cc1ccc(C(F)(F)F)cc1)n1cncn1. The van der Waals surface area contributed by atoms with Crippen LogP contribution in [-0.2, 0) is 17.4 Å².